The smallest absolute Gasteiger partial charge is 0.199 e. The van der Waals surface area contributed by atoms with Crippen molar-refractivity contribution in [2.24, 2.45) is 0 Å². The number of alkyl halides is 1. The van der Waals surface area contributed by atoms with Crippen LogP contribution < -0.4 is 4.72 Å². The van der Waals surface area contributed by atoms with Crippen LogP contribution in [0.25, 0.3) is 0 Å². The summed E-state index contributed by atoms with van der Waals surface area (Å²) >= 11 is 5.60. The predicted molar refractivity (Wildman–Crippen MR) is 71.5 cm³/mol. The van der Waals surface area contributed by atoms with E-state index in [0.717, 1.165) is 38.5 Å². The summed E-state index contributed by atoms with van der Waals surface area (Å²) in [6.07, 6.45) is 5.83. The normalized spacial score (nSPS) is 21.1. The van der Waals surface area contributed by atoms with E-state index in [1.54, 1.807) is 4.31 Å². The lowest BCUT2D eigenvalue weighted by molar-refractivity contribution is 0.406. The van der Waals surface area contributed by atoms with Crippen molar-refractivity contribution < 1.29 is 8.42 Å². The summed E-state index contributed by atoms with van der Waals surface area (Å²) in [4.78, 5) is 0. The van der Waals surface area contributed by atoms with Crippen molar-refractivity contribution in [2.75, 3.05) is 19.0 Å². The first kappa shape index (κ1) is 15.2. The molecule has 1 unspecified atom stereocenters. The molecule has 102 valence electrons. The third-order valence-corrected chi connectivity index (χ3v) is 5.04. The molecule has 1 fully saturated rings. The number of rotatable bonds is 6. The monoisotopic (exact) mass is 282 g/mol. The molecule has 0 amide bonds. The number of hydrogen-bond donors (Lipinski definition) is 1. The first-order chi connectivity index (χ1) is 8.06. The van der Waals surface area contributed by atoms with Gasteiger partial charge >= 0.3 is 0 Å². The van der Waals surface area contributed by atoms with Gasteiger partial charge in [0.05, 0.1) is 0 Å². The standard InChI is InChI=1S/C11H23ClN2O2S/c1-11(7-6-8-12)13-17(15,16)14-9-4-2-3-5-10-14/h11,13H,2-10H2,1H3. The maximum atomic E-state index is 12.1. The quantitative estimate of drug-likeness (QED) is 0.759. The van der Waals surface area contributed by atoms with Gasteiger partial charge in [-0.05, 0) is 32.6 Å². The Bertz CT molecular complexity index is 301. The van der Waals surface area contributed by atoms with Crippen LogP contribution in [-0.4, -0.2) is 37.7 Å². The highest BCUT2D eigenvalue weighted by Crippen LogP contribution is 2.13. The second kappa shape index (κ2) is 7.56. The van der Waals surface area contributed by atoms with Crippen LogP contribution in [0.1, 0.15) is 45.4 Å². The fourth-order valence-electron chi connectivity index (χ4n) is 2.05. The Kier molecular flexibility index (Phi) is 6.77. The van der Waals surface area contributed by atoms with Gasteiger partial charge < -0.3 is 0 Å². The molecule has 0 spiro atoms. The molecule has 1 aliphatic rings. The van der Waals surface area contributed by atoms with Crippen LogP contribution >= 0.6 is 11.6 Å². The average Bonchev–Trinajstić information content (AvgIpc) is 2.54. The van der Waals surface area contributed by atoms with E-state index < -0.39 is 10.2 Å². The van der Waals surface area contributed by atoms with Crippen LogP contribution in [0.5, 0.6) is 0 Å². The van der Waals surface area contributed by atoms with Gasteiger partial charge in [-0.15, -0.1) is 11.6 Å². The van der Waals surface area contributed by atoms with Gasteiger partial charge in [0.15, 0.2) is 0 Å². The van der Waals surface area contributed by atoms with E-state index in [0.29, 0.717) is 19.0 Å². The van der Waals surface area contributed by atoms with Crippen LogP contribution in [0.15, 0.2) is 0 Å². The number of nitrogens with zero attached hydrogens (tertiary/aromatic N) is 1. The minimum atomic E-state index is -3.30. The lowest BCUT2D eigenvalue weighted by Crippen LogP contribution is -2.44. The molecule has 0 aliphatic carbocycles. The summed E-state index contributed by atoms with van der Waals surface area (Å²) in [5.41, 5.74) is 0. The molecule has 1 atom stereocenters. The van der Waals surface area contributed by atoms with E-state index in [-0.39, 0.29) is 6.04 Å². The topological polar surface area (TPSA) is 49.4 Å². The van der Waals surface area contributed by atoms with Crippen LogP contribution in [0.4, 0.5) is 0 Å². The molecule has 4 nitrogen and oxygen atoms in total. The van der Waals surface area contributed by atoms with Gasteiger partial charge in [0.2, 0.25) is 0 Å². The fraction of sp³-hybridized carbons (Fsp3) is 1.00. The highest BCUT2D eigenvalue weighted by Gasteiger charge is 2.24. The van der Waals surface area contributed by atoms with Gasteiger partial charge in [-0.25, -0.2) is 0 Å². The molecule has 0 aromatic carbocycles. The Morgan fingerprint density at radius 1 is 1.24 bits per heavy atom. The molecule has 1 N–H and O–H groups in total. The second-order valence-corrected chi connectivity index (χ2v) is 6.75. The number of halogens is 1. The van der Waals surface area contributed by atoms with E-state index in [9.17, 15) is 8.42 Å². The van der Waals surface area contributed by atoms with E-state index in [1.807, 2.05) is 6.92 Å². The summed E-state index contributed by atoms with van der Waals surface area (Å²) in [5.74, 6) is 0.579. The Morgan fingerprint density at radius 3 is 2.35 bits per heavy atom. The first-order valence-electron chi connectivity index (χ1n) is 6.39. The zero-order chi connectivity index (χ0) is 12.7. The van der Waals surface area contributed by atoms with Gasteiger partial charge in [-0.1, -0.05) is 12.8 Å². The lowest BCUT2D eigenvalue weighted by atomic mass is 10.2. The SMILES string of the molecule is CC(CCCCl)NS(=O)(=O)N1CCCCCC1. The highest BCUT2D eigenvalue weighted by atomic mass is 35.5. The zero-order valence-corrected chi connectivity index (χ0v) is 12.1. The van der Waals surface area contributed by atoms with Crippen molar-refractivity contribution in [3.63, 3.8) is 0 Å². The van der Waals surface area contributed by atoms with E-state index in [2.05, 4.69) is 4.72 Å². The number of hydrogen-bond acceptors (Lipinski definition) is 2. The van der Waals surface area contributed by atoms with Crippen molar-refractivity contribution in [3.05, 3.63) is 0 Å². The van der Waals surface area contributed by atoms with Gasteiger partial charge in [-0.3, -0.25) is 0 Å². The minimum absolute atomic E-state index is 0.0398. The van der Waals surface area contributed by atoms with Crippen LogP contribution in [0.2, 0.25) is 0 Å². The van der Waals surface area contributed by atoms with Crippen LogP contribution in [0, 0.1) is 0 Å². The van der Waals surface area contributed by atoms with Crippen molar-refractivity contribution in [3.8, 4) is 0 Å². The minimum Gasteiger partial charge on any atom is -0.199 e. The molecule has 6 heteroatoms. The molecule has 0 saturated carbocycles. The second-order valence-electron chi connectivity index (χ2n) is 4.67. The molecular weight excluding hydrogens is 260 g/mol. The summed E-state index contributed by atoms with van der Waals surface area (Å²) in [6, 6.07) is -0.0398. The van der Waals surface area contributed by atoms with Crippen molar-refractivity contribution in [1.82, 2.24) is 9.03 Å². The summed E-state index contributed by atoms with van der Waals surface area (Å²) in [6.45, 7) is 3.19. The van der Waals surface area contributed by atoms with Crippen molar-refractivity contribution in [1.29, 1.82) is 0 Å². The Balaban J connectivity index is 2.48. The van der Waals surface area contributed by atoms with E-state index >= 15 is 0 Å². The molecule has 0 aromatic rings. The van der Waals surface area contributed by atoms with Crippen molar-refractivity contribution in [2.45, 2.75) is 51.5 Å². The first-order valence-corrected chi connectivity index (χ1v) is 8.37. The molecule has 1 aliphatic heterocycles. The maximum Gasteiger partial charge on any atom is 0.279 e. The van der Waals surface area contributed by atoms with Gasteiger partial charge in [-0.2, -0.15) is 17.4 Å². The molecular formula is C11H23ClN2O2S. The average molecular weight is 283 g/mol. The molecule has 0 radical (unpaired) electrons. The van der Waals surface area contributed by atoms with Crippen LogP contribution in [-0.2, 0) is 10.2 Å². The molecule has 0 aromatic heterocycles. The Morgan fingerprint density at radius 2 is 1.82 bits per heavy atom. The Hall–Kier alpha value is 0.160. The Labute approximate surface area is 110 Å². The van der Waals surface area contributed by atoms with E-state index in [4.69, 9.17) is 11.6 Å². The predicted octanol–water partition coefficient (Wildman–Crippen LogP) is 2.10. The lowest BCUT2D eigenvalue weighted by Gasteiger charge is -2.23. The van der Waals surface area contributed by atoms with Crippen LogP contribution in [0.3, 0.4) is 0 Å². The number of nitrogens with one attached hydrogen (secondary N) is 1. The molecule has 17 heavy (non-hydrogen) atoms. The van der Waals surface area contributed by atoms with Crippen molar-refractivity contribution >= 4 is 21.8 Å². The fourth-order valence-corrected chi connectivity index (χ4v) is 3.72. The maximum absolute atomic E-state index is 12.1. The highest BCUT2D eigenvalue weighted by molar-refractivity contribution is 7.87. The molecule has 1 rings (SSSR count). The third kappa shape index (κ3) is 5.55. The van der Waals surface area contributed by atoms with Gasteiger partial charge in [0, 0.05) is 25.0 Å². The summed E-state index contributed by atoms with van der Waals surface area (Å²) in [5, 5.41) is 0. The zero-order valence-electron chi connectivity index (χ0n) is 10.5. The molecule has 1 heterocycles. The summed E-state index contributed by atoms with van der Waals surface area (Å²) in [7, 11) is -3.30. The van der Waals surface area contributed by atoms with E-state index in [1.165, 1.54) is 0 Å². The molecule has 1 saturated heterocycles. The van der Waals surface area contributed by atoms with Gasteiger partial charge in [0.25, 0.3) is 10.2 Å². The summed E-state index contributed by atoms with van der Waals surface area (Å²) < 4.78 is 28.5. The largest absolute Gasteiger partial charge is 0.279 e. The molecule has 0 bridgehead atoms. The van der Waals surface area contributed by atoms with Gasteiger partial charge in [0.1, 0.15) is 0 Å². The third-order valence-electron chi connectivity index (χ3n) is 3.03.